The predicted molar refractivity (Wildman–Crippen MR) is 61.2 cm³/mol. The molecule has 6 heteroatoms. The Balaban J connectivity index is 1.72. The van der Waals surface area contributed by atoms with Crippen molar-refractivity contribution in [3.63, 3.8) is 0 Å². The molecule has 0 spiro atoms. The topological polar surface area (TPSA) is 62.0 Å². The minimum Gasteiger partial charge on any atom is -0.352 e. The molecule has 1 amide bonds. The lowest BCUT2D eigenvalue weighted by atomic mass is 9.79. The number of amides is 1. The van der Waals surface area contributed by atoms with Crippen LogP contribution in [0.2, 0.25) is 0 Å². The van der Waals surface area contributed by atoms with Gasteiger partial charge in [0, 0.05) is 38.1 Å². The highest BCUT2D eigenvalue weighted by atomic mass is 19.3. The first-order chi connectivity index (χ1) is 8.44. The summed E-state index contributed by atoms with van der Waals surface area (Å²) in [4.78, 5) is 24.8. The molecule has 1 saturated carbocycles. The highest BCUT2D eigenvalue weighted by Crippen LogP contribution is 2.43. The van der Waals surface area contributed by atoms with Crippen LogP contribution in [-0.4, -0.2) is 16.8 Å². The Bertz CT molecular complexity index is 471. The maximum atomic E-state index is 12.6. The number of nitrogens with one attached hydrogen (secondary N) is 2. The van der Waals surface area contributed by atoms with Crippen LogP contribution in [0.3, 0.4) is 0 Å². The van der Waals surface area contributed by atoms with Gasteiger partial charge in [-0.2, -0.15) is 0 Å². The zero-order valence-corrected chi connectivity index (χ0v) is 9.71. The van der Waals surface area contributed by atoms with Crippen LogP contribution in [0, 0.1) is 5.92 Å². The summed E-state index contributed by atoms with van der Waals surface area (Å²) in [7, 11) is 0. The van der Waals surface area contributed by atoms with E-state index in [0.717, 1.165) is 5.56 Å². The Labute approximate surface area is 102 Å². The zero-order valence-electron chi connectivity index (χ0n) is 9.71. The summed E-state index contributed by atoms with van der Waals surface area (Å²) in [6, 6.07) is 2.98. The molecule has 98 valence electrons. The Morgan fingerprint density at radius 1 is 1.44 bits per heavy atom. The van der Waals surface area contributed by atoms with Crippen molar-refractivity contribution in [2.45, 2.75) is 31.7 Å². The molecule has 0 unspecified atom stereocenters. The molecule has 0 bridgehead atoms. The van der Waals surface area contributed by atoms with Crippen molar-refractivity contribution >= 4 is 5.91 Å². The minimum absolute atomic E-state index is 0.138. The SMILES string of the molecule is O=C(CC1CC(F)(F)C1)NCc1ccc(=O)[nH]c1. The van der Waals surface area contributed by atoms with Gasteiger partial charge in [0.15, 0.2) is 0 Å². The maximum Gasteiger partial charge on any atom is 0.248 e. The Morgan fingerprint density at radius 3 is 2.72 bits per heavy atom. The summed E-state index contributed by atoms with van der Waals surface area (Å²) in [5, 5.41) is 2.64. The molecular weight excluding hydrogens is 242 g/mol. The van der Waals surface area contributed by atoms with Gasteiger partial charge < -0.3 is 10.3 Å². The summed E-state index contributed by atoms with van der Waals surface area (Å²) >= 11 is 0. The first-order valence-electron chi connectivity index (χ1n) is 5.77. The summed E-state index contributed by atoms with van der Waals surface area (Å²) in [5.74, 6) is -3.03. The smallest absolute Gasteiger partial charge is 0.248 e. The number of pyridine rings is 1. The van der Waals surface area contributed by atoms with E-state index >= 15 is 0 Å². The molecule has 4 nitrogen and oxygen atoms in total. The predicted octanol–water partition coefficient (Wildman–Crippen LogP) is 1.43. The van der Waals surface area contributed by atoms with Crippen LogP contribution in [0.1, 0.15) is 24.8 Å². The van der Waals surface area contributed by atoms with Gasteiger partial charge in [0.05, 0.1) is 0 Å². The van der Waals surface area contributed by atoms with Crippen LogP contribution in [0.25, 0.3) is 0 Å². The van der Waals surface area contributed by atoms with E-state index in [-0.39, 0.29) is 36.6 Å². The van der Waals surface area contributed by atoms with Crippen molar-refractivity contribution in [2.75, 3.05) is 0 Å². The van der Waals surface area contributed by atoms with Crippen LogP contribution in [0.4, 0.5) is 8.78 Å². The van der Waals surface area contributed by atoms with Gasteiger partial charge >= 0.3 is 0 Å². The molecule has 1 fully saturated rings. The Morgan fingerprint density at radius 2 is 2.17 bits per heavy atom. The quantitative estimate of drug-likeness (QED) is 0.856. The molecule has 1 aromatic rings. The minimum atomic E-state index is -2.58. The van der Waals surface area contributed by atoms with E-state index in [9.17, 15) is 18.4 Å². The second-order valence-electron chi connectivity index (χ2n) is 4.67. The first-order valence-corrected chi connectivity index (χ1v) is 5.77. The average Bonchev–Trinajstić information content (AvgIpc) is 2.26. The first kappa shape index (κ1) is 12.7. The molecule has 1 heterocycles. The number of aromatic nitrogens is 1. The standard InChI is InChI=1S/C12H14F2N2O2/c13-12(14)4-9(5-12)3-11(18)16-7-8-1-2-10(17)15-6-8/h1-2,6,9H,3-5,7H2,(H,15,17)(H,16,18). The number of aromatic amines is 1. The molecule has 0 radical (unpaired) electrons. The molecular formula is C12H14F2N2O2. The van der Waals surface area contributed by atoms with E-state index in [4.69, 9.17) is 0 Å². The Kier molecular flexibility index (Phi) is 3.45. The van der Waals surface area contributed by atoms with Crippen LogP contribution < -0.4 is 10.9 Å². The number of alkyl halides is 2. The number of carbonyl (C=O) groups is 1. The van der Waals surface area contributed by atoms with Crippen LogP contribution >= 0.6 is 0 Å². The molecule has 0 saturated heterocycles. The van der Waals surface area contributed by atoms with Gasteiger partial charge in [-0.05, 0) is 11.5 Å². The highest BCUT2D eigenvalue weighted by molar-refractivity contribution is 5.76. The van der Waals surface area contributed by atoms with E-state index in [1.807, 2.05) is 0 Å². The summed E-state index contributed by atoms with van der Waals surface area (Å²) in [6.45, 7) is 0.290. The van der Waals surface area contributed by atoms with E-state index in [0.29, 0.717) is 6.54 Å². The van der Waals surface area contributed by atoms with Gasteiger partial charge in [-0.15, -0.1) is 0 Å². The molecule has 18 heavy (non-hydrogen) atoms. The van der Waals surface area contributed by atoms with Crippen molar-refractivity contribution in [1.29, 1.82) is 0 Å². The molecule has 2 rings (SSSR count). The van der Waals surface area contributed by atoms with E-state index in [1.54, 1.807) is 6.07 Å². The monoisotopic (exact) mass is 256 g/mol. The van der Waals surface area contributed by atoms with Gasteiger partial charge in [-0.25, -0.2) is 8.78 Å². The molecule has 0 atom stereocenters. The lowest BCUT2D eigenvalue weighted by Crippen LogP contribution is -2.38. The van der Waals surface area contributed by atoms with Crippen molar-refractivity contribution in [1.82, 2.24) is 10.3 Å². The molecule has 0 aliphatic heterocycles. The molecule has 0 aromatic carbocycles. The van der Waals surface area contributed by atoms with Crippen LogP contribution in [0.5, 0.6) is 0 Å². The molecule has 1 aliphatic carbocycles. The van der Waals surface area contributed by atoms with Crippen molar-refractivity contribution in [3.05, 3.63) is 34.2 Å². The van der Waals surface area contributed by atoms with Crippen molar-refractivity contribution in [2.24, 2.45) is 5.92 Å². The maximum absolute atomic E-state index is 12.6. The third-order valence-corrected chi connectivity index (χ3v) is 2.99. The van der Waals surface area contributed by atoms with Gasteiger partial charge in [0.1, 0.15) is 0 Å². The third-order valence-electron chi connectivity index (χ3n) is 2.99. The van der Waals surface area contributed by atoms with Gasteiger partial charge in [0.2, 0.25) is 17.4 Å². The highest BCUT2D eigenvalue weighted by Gasteiger charge is 2.45. The molecule has 2 N–H and O–H groups in total. The summed E-state index contributed by atoms with van der Waals surface area (Å²) in [6.07, 6.45) is 1.26. The summed E-state index contributed by atoms with van der Waals surface area (Å²) in [5.41, 5.74) is 0.559. The second-order valence-corrected chi connectivity index (χ2v) is 4.67. The van der Waals surface area contributed by atoms with Crippen LogP contribution in [0.15, 0.2) is 23.1 Å². The van der Waals surface area contributed by atoms with E-state index in [2.05, 4.69) is 10.3 Å². The van der Waals surface area contributed by atoms with Gasteiger partial charge in [-0.1, -0.05) is 6.07 Å². The summed E-state index contributed by atoms with van der Waals surface area (Å²) < 4.78 is 25.1. The normalized spacial score (nSPS) is 18.1. The lowest BCUT2D eigenvalue weighted by Gasteiger charge is -2.34. The Hall–Kier alpha value is -1.72. The van der Waals surface area contributed by atoms with Gasteiger partial charge in [-0.3, -0.25) is 9.59 Å². The molecule has 1 aliphatic rings. The lowest BCUT2D eigenvalue weighted by molar-refractivity contribution is -0.133. The number of carbonyl (C=O) groups excluding carboxylic acids is 1. The number of H-pyrrole nitrogens is 1. The van der Waals surface area contributed by atoms with Crippen molar-refractivity contribution < 1.29 is 13.6 Å². The van der Waals surface area contributed by atoms with Crippen LogP contribution in [-0.2, 0) is 11.3 Å². The fourth-order valence-corrected chi connectivity index (χ4v) is 2.02. The number of hydrogen-bond acceptors (Lipinski definition) is 2. The van der Waals surface area contributed by atoms with E-state index < -0.39 is 5.92 Å². The number of halogens is 2. The van der Waals surface area contributed by atoms with E-state index in [1.165, 1.54) is 12.3 Å². The third kappa shape index (κ3) is 3.38. The number of rotatable bonds is 4. The fraction of sp³-hybridized carbons (Fsp3) is 0.500. The molecule has 1 aromatic heterocycles. The average molecular weight is 256 g/mol. The van der Waals surface area contributed by atoms with Crippen molar-refractivity contribution in [3.8, 4) is 0 Å². The number of hydrogen-bond donors (Lipinski definition) is 2. The zero-order chi connectivity index (χ0) is 13.2. The fourth-order valence-electron chi connectivity index (χ4n) is 2.02. The second kappa shape index (κ2) is 4.88. The largest absolute Gasteiger partial charge is 0.352 e. The van der Waals surface area contributed by atoms with Gasteiger partial charge in [0.25, 0.3) is 0 Å².